The molecule has 0 unspecified atom stereocenters. The highest BCUT2D eigenvalue weighted by Gasteiger charge is 2.23. The summed E-state index contributed by atoms with van der Waals surface area (Å²) in [6.45, 7) is 3.32. The highest BCUT2D eigenvalue weighted by atomic mass is 19.1. The first-order valence-corrected chi connectivity index (χ1v) is 10.8. The van der Waals surface area contributed by atoms with Crippen molar-refractivity contribution in [3.05, 3.63) is 94.3 Å². The molecule has 0 radical (unpaired) electrons. The molecule has 1 heterocycles. The highest BCUT2D eigenvalue weighted by Crippen LogP contribution is 2.23. The summed E-state index contributed by atoms with van der Waals surface area (Å²) < 4.78 is 13.5. The van der Waals surface area contributed by atoms with Gasteiger partial charge in [-0.2, -0.15) is 0 Å². The molecule has 9 nitrogen and oxygen atoms in total. The maximum atomic E-state index is 13.5. The van der Waals surface area contributed by atoms with Crippen LogP contribution < -0.4 is 5.32 Å². The molecule has 0 spiro atoms. The van der Waals surface area contributed by atoms with E-state index in [0.717, 1.165) is 5.56 Å². The van der Waals surface area contributed by atoms with Crippen molar-refractivity contribution in [1.29, 1.82) is 0 Å². The van der Waals surface area contributed by atoms with Gasteiger partial charge >= 0.3 is 11.9 Å². The lowest BCUT2D eigenvalue weighted by Gasteiger charge is -2.28. The van der Waals surface area contributed by atoms with Gasteiger partial charge in [0.2, 0.25) is 0 Å². The van der Waals surface area contributed by atoms with E-state index in [1.807, 2.05) is 0 Å². The standard InChI is InChI=1S/C25H25FN4O5/c1-15-9-17(3-8-21(15)26)10-28-24(33)23-20(11-27-14-29-23)12-30(13-22(31)32)16(2)18-4-6-19(7-5-18)25(34)35/h3-9,11,14,16H,10,12-13H2,1-2H3,(H,28,33)(H,31,32)(H,34,35)/t16-/m0/s1. The normalized spacial score (nSPS) is 11.8. The number of halogens is 1. The van der Waals surface area contributed by atoms with Gasteiger partial charge in [0.15, 0.2) is 0 Å². The zero-order valence-electron chi connectivity index (χ0n) is 19.2. The van der Waals surface area contributed by atoms with Crippen LogP contribution >= 0.6 is 0 Å². The number of amides is 1. The Labute approximate surface area is 201 Å². The molecule has 3 rings (SSSR count). The van der Waals surface area contributed by atoms with E-state index in [4.69, 9.17) is 5.11 Å². The quantitative estimate of drug-likeness (QED) is 0.403. The Balaban J connectivity index is 1.79. The fraction of sp³-hybridized carbons (Fsp3) is 0.240. The number of aromatic nitrogens is 2. The van der Waals surface area contributed by atoms with Gasteiger partial charge in [0.1, 0.15) is 17.8 Å². The fourth-order valence-corrected chi connectivity index (χ4v) is 3.60. The molecule has 1 atom stereocenters. The van der Waals surface area contributed by atoms with E-state index in [0.29, 0.717) is 16.7 Å². The molecule has 35 heavy (non-hydrogen) atoms. The lowest BCUT2D eigenvalue weighted by atomic mass is 10.0. The van der Waals surface area contributed by atoms with Crippen LogP contribution in [0, 0.1) is 12.7 Å². The Morgan fingerprint density at radius 2 is 1.83 bits per heavy atom. The summed E-state index contributed by atoms with van der Waals surface area (Å²) in [5.74, 6) is -2.92. The molecule has 182 valence electrons. The Hall–Kier alpha value is -4.18. The highest BCUT2D eigenvalue weighted by molar-refractivity contribution is 5.93. The molecule has 1 aromatic heterocycles. The maximum Gasteiger partial charge on any atom is 0.335 e. The first-order valence-electron chi connectivity index (χ1n) is 10.8. The van der Waals surface area contributed by atoms with Gasteiger partial charge in [-0.25, -0.2) is 19.2 Å². The van der Waals surface area contributed by atoms with Gasteiger partial charge in [0, 0.05) is 30.9 Å². The van der Waals surface area contributed by atoms with E-state index in [9.17, 15) is 23.9 Å². The van der Waals surface area contributed by atoms with Crippen molar-refractivity contribution in [2.75, 3.05) is 6.54 Å². The van der Waals surface area contributed by atoms with Crippen molar-refractivity contribution in [1.82, 2.24) is 20.2 Å². The second-order valence-electron chi connectivity index (χ2n) is 8.06. The summed E-state index contributed by atoms with van der Waals surface area (Å²) in [7, 11) is 0. The van der Waals surface area contributed by atoms with Crippen LogP contribution in [0.1, 0.15) is 56.1 Å². The number of hydrogen-bond donors (Lipinski definition) is 3. The maximum absolute atomic E-state index is 13.5. The Kier molecular flexibility index (Phi) is 8.21. The number of carboxylic acid groups (broad SMARTS) is 2. The first-order chi connectivity index (χ1) is 16.7. The average molecular weight is 480 g/mol. The van der Waals surface area contributed by atoms with Gasteiger partial charge in [-0.05, 0) is 48.7 Å². The molecule has 0 saturated carbocycles. The van der Waals surface area contributed by atoms with Crippen LogP contribution in [0.15, 0.2) is 55.0 Å². The van der Waals surface area contributed by atoms with Gasteiger partial charge in [-0.15, -0.1) is 0 Å². The number of aryl methyl sites for hydroxylation is 1. The minimum atomic E-state index is -1.06. The van der Waals surface area contributed by atoms with Crippen LogP contribution in [0.3, 0.4) is 0 Å². The predicted octanol–water partition coefficient (Wildman–Crippen LogP) is 3.20. The van der Waals surface area contributed by atoms with E-state index < -0.39 is 23.9 Å². The number of carbonyl (C=O) groups is 3. The van der Waals surface area contributed by atoms with Crippen molar-refractivity contribution in [2.24, 2.45) is 0 Å². The molecule has 1 amide bonds. The van der Waals surface area contributed by atoms with Crippen molar-refractivity contribution < 1.29 is 29.0 Å². The summed E-state index contributed by atoms with van der Waals surface area (Å²) >= 11 is 0. The van der Waals surface area contributed by atoms with Gasteiger partial charge < -0.3 is 15.5 Å². The molecule has 10 heteroatoms. The number of aliphatic carboxylic acids is 1. The topological polar surface area (TPSA) is 133 Å². The van der Waals surface area contributed by atoms with Crippen LogP contribution in [0.2, 0.25) is 0 Å². The molecule has 0 saturated heterocycles. The lowest BCUT2D eigenvalue weighted by Crippen LogP contribution is -2.33. The third kappa shape index (κ3) is 6.67. The second kappa shape index (κ2) is 11.3. The van der Waals surface area contributed by atoms with Gasteiger partial charge in [0.25, 0.3) is 5.91 Å². The van der Waals surface area contributed by atoms with Crippen molar-refractivity contribution >= 4 is 17.8 Å². The SMILES string of the molecule is Cc1cc(CNC(=O)c2ncncc2CN(CC(=O)O)[C@@H](C)c2ccc(C(=O)O)cc2)ccc1F. The molecule has 3 N–H and O–H groups in total. The number of nitrogens with zero attached hydrogens (tertiary/aromatic N) is 3. The number of nitrogens with one attached hydrogen (secondary N) is 1. The number of carbonyl (C=O) groups excluding carboxylic acids is 1. The number of rotatable bonds is 10. The van der Waals surface area contributed by atoms with Crippen LogP contribution in [0.4, 0.5) is 4.39 Å². The number of aromatic carboxylic acids is 1. The molecule has 2 aromatic carbocycles. The molecular formula is C25H25FN4O5. The minimum absolute atomic E-state index is 0.0629. The summed E-state index contributed by atoms with van der Waals surface area (Å²) in [6.07, 6.45) is 2.69. The van der Waals surface area contributed by atoms with E-state index in [2.05, 4.69) is 15.3 Å². The van der Waals surface area contributed by atoms with Crippen LogP contribution in [-0.2, 0) is 17.9 Å². The monoisotopic (exact) mass is 480 g/mol. The van der Waals surface area contributed by atoms with E-state index >= 15 is 0 Å². The number of benzene rings is 2. The summed E-state index contributed by atoms with van der Waals surface area (Å²) in [6, 6.07) is 10.3. The summed E-state index contributed by atoms with van der Waals surface area (Å²) in [5, 5.41) is 21.3. The van der Waals surface area contributed by atoms with Crippen LogP contribution in [-0.4, -0.2) is 49.5 Å². The Bertz CT molecular complexity index is 1230. The fourth-order valence-electron chi connectivity index (χ4n) is 3.60. The smallest absolute Gasteiger partial charge is 0.335 e. The lowest BCUT2D eigenvalue weighted by molar-refractivity contribution is -0.139. The average Bonchev–Trinajstić information content (AvgIpc) is 2.83. The van der Waals surface area contributed by atoms with E-state index in [1.54, 1.807) is 43.0 Å². The molecule has 0 aliphatic carbocycles. The third-order valence-corrected chi connectivity index (χ3v) is 5.58. The van der Waals surface area contributed by atoms with Crippen molar-refractivity contribution in [3.8, 4) is 0 Å². The summed E-state index contributed by atoms with van der Waals surface area (Å²) in [5.41, 5.74) is 2.55. The zero-order chi connectivity index (χ0) is 25.5. The first kappa shape index (κ1) is 25.4. The van der Waals surface area contributed by atoms with Crippen LogP contribution in [0.25, 0.3) is 0 Å². The Morgan fingerprint density at radius 1 is 1.11 bits per heavy atom. The molecule has 0 aliphatic heterocycles. The number of carboxylic acids is 2. The minimum Gasteiger partial charge on any atom is -0.480 e. The van der Waals surface area contributed by atoms with E-state index in [-0.39, 0.29) is 36.7 Å². The Morgan fingerprint density at radius 3 is 2.46 bits per heavy atom. The largest absolute Gasteiger partial charge is 0.480 e. The summed E-state index contributed by atoms with van der Waals surface area (Å²) in [4.78, 5) is 45.3. The molecular weight excluding hydrogens is 455 g/mol. The number of hydrogen-bond acceptors (Lipinski definition) is 6. The molecule has 3 aromatic rings. The van der Waals surface area contributed by atoms with Crippen molar-refractivity contribution in [3.63, 3.8) is 0 Å². The second-order valence-corrected chi connectivity index (χ2v) is 8.06. The van der Waals surface area contributed by atoms with E-state index in [1.165, 1.54) is 30.7 Å². The molecule has 0 fully saturated rings. The zero-order valence-corrected chi connectivity index (χ0v) is 19.2. The molecule has 0 aliphatic rings. The molecule has 0 bridgehead atoms. The third-order valence-electron chi connectivity index (χ3n) is 5.58. The van der Waals surface area contributed by atoms with Gasteiger partial charge in [-0.3, -0.25) is 14.5 Å². The van der Waals surface area contributed by atoms with Crippen LogP contribution in [0.5, 0.6) is 0 Å². The predicted molar refractivity (Wildman–Crippen MR) is 124 cm³/mol. The van der Waals surface area contributed by atoms with Gasteiger partial charge in [-0.1, -0.05) is 24.3 Å². The van der Waals surface area contributed by atoms with Crippen molar-refractivity contribution in [2.45, 2.75) is 33.0 Å². The van der Waals surface area contributed by atoms with Gasteiger partial charge in [0.05, 0.1) is 12.1 Å².